The Hall–Kier alpha value is -2.15. The van der Waals surface area contributed by atoms with Gasteiger partial charge in [-0.2, -0.15) is 0 Å². The van der Waals surface area contributed by atoms with Gasteiger partial charge in [-0.3, -0.25) is 9.59 Å². The summed E-state index contributed by atoms with van der Waals surface area (Å²) in [5.74, 6) is -0.559. The fourth-order valence-corrected chi connectivity index (χ4v) is 1.82. The third-order valence-corrected chi connectivity index (χ3v) is 2.86. The van der Waals surface area contributed by atoms with Crippen molar-refractivity contribution in [2.75, 3.05) is 19.8 Å². The van der Waals surface area contributed by atoms with Crippen LogP contribution < -0.4 is 15.8 Å². The van der Waals surface area contributed by atoms with E-state index in [4.69, 9.17) is 15.2 Å². The first-order valence-corrected chi connectivity index (χ1v) is 6.42. The van der Waals surface area contributed by atoms with E-state index in [1.165, 1.54) is 6.20 Å². The highest BCUT2D eigenvalue weighted by Gasteiger charge is 2.16. The number of nitrogens with one attached hydrogen (secondary N) is 1. The number of carbonyl (C=O) groups is 2. The molecule has 0 radical (unpaired) electrons. The zero-order chi connectivity index (χ0) is 14.4. The number of amides is 2. The second-order valence-corrected chi connectivity index (χ2v) is 4.48. The summed E-state index contributed by atoms with van der Waals surface area (Å²) in [6.07, 6.45) is 3.56. The zero-order valence-corrected chi connectivity index (χ0v) is 11.0. The lowest BCUT2D eigenvalue weighted by Crippen LogP contribution is -2.33. The third kappa shape index (κ3) is 4.20. The molecular weight excluding hydrogens is 262 g/mol. The van der Waals surface area contributed by atoms with Crippen LogP contribution in [0.1, 0.15) is 23.2 Å². The maximum atomic E-state index is 11.6. The van der Waals surface area contributed by atoms with Crippen molar-refractivity contribution in [1.29, 1.82) is 0 Å². The maximum Gasteiger partial charge on any atom is 0.253 e. The Labute approximate surface area is 116 Å². The number of ether oxygens (including phenoxy) is 2. The van der Waals surface area contributed by atoms with E-state index in [-0.39, 0.29) is 12.6 Å². The molecule has 2 amide bonds. The summed E-state index contributed by atoms with van der Waals surface area (Å²) in [6.45, 7) is 1.04. The largest absolute Gasteiger partial charge is 0.475 e. The van der Waals surface area contributed by atoms with Crippen molar-refractivity contribution in [1.82, 2.24) is 10.3 Å². The average molecular weight is 279 g/mol. The summed E-state index contributed by atoms with van der Waals surface area (Å²) >= 11 is 0. The number of carbonyl (C=O) groups excluding carboxylic acids is 2. The van der Waals surface area contributed by atoms with E-state index in [1.807, 2.05) is 0 Å². The van der Waals surface area contributed by atoms with Crippen molar-refractivity contribution in [3.63, 3.8) is 0 Å². The van der Waals surface area contributed by atoms with Gasteiger partial charge in [0.25, 0.3) is 5.91 Å². The molecule has 1 saturated heterocycles. The topological polar surface area (TPSA) is 104 Å². The summed E-state index contributed by atoms with van der Waals surface area (Å²) in [6, 6.07) is 3.18. The molecule has 1 aromatic heterocycles. The molecule has 0 bridgehead atoms. The van der Waals surface area contributed by atoms with Gasteiger partial charge < -0.3 is 20.5 Å². The highest BCUT2D eigenvalue weighted by molar-refractivity contribution is 5.96. The van der Waals surface area contributed by atoms with Crippen LogP contribution in [0, 0.1) is 0 Å². The molecule has 0 aromatic carbocycles. The van der Waals surface area contributed by atoms with Crippen LogP contribution in [-0.4, -0.2) is 42.7 Å². The van der Waals surface area contributed by atoms with Crippen molar-refractivity contribution in [2.24, 2.45) is 5.73 Å². The smallest absolute Gasteiger partial charge is 0.253 e. The quantitative estimate of drug-likeness (QED) is 0.754. The third-order valence-electron chi connectivity index (χ3n) is 2.86. The molecule has 1 atom stereocenters. The molecule has 2 rings (SSSR count). The molecule has 2 heterocycles. The van der Waals surface area contributed by atoms with Gasteiger partial charge in [0.15, 0.2) is 0 Å². The molecule has 108 valence electrons. The summed E-state index contributed by atoms with van der Waals surface area (Å²) < 4.78 is 10.9. The molecule has 3 N–H and O–H groups in total. The van der Waals surface area contributed by atoms with Crippen LogP contribution in [0.15, 0.2) is 18.3 Å². The zero-order valence-electron chi connectivity index (χ0n) is 11.0. The molecule has 7 nitrogen and oxygen atoms in total. The molecule has 1 aromatic rings. The predicted octanol–water partition coefficient (Wildman–Crippen LogP) is -0.146. The molecule has 20 heavy (non-hydrogen) atoms. The lowest BCUT2D eigenvalue weighted by Gasteiger charge is -2.10. The van der Waals surface area contributed by atoms with Crippen molar-refractivity contribution >= 4 is 11.8 Å². The Balaban J connectivity index is 1.82. The van der Waals surface area contributed by atoms with Crippen LogP contribution in [0.2, 0.25) is 0 Å². The van der Waals surface area contributed by atoms with E-state index in [1.54, 1.807) is 12.1 Å². The van der Waals surface area contributed by atoms with Gasteiger partial charge in [-0.05, 0) is 18.9 Å². The molecule has 0 spiro atoms. The van der Waals surface area contributed by atoms with Crippen LogP contribution in [-0.2, 0) is 9.53 Å². The van der Waals surface area contributed by atoms with Crippen molar-refractivity contribution in [2.45, 2.75) is 18.9 Å². The van der Waals surface area contributed by atoms with Gasteiger partial charge in [-0.1, -0.05) is 0 Å². The molecule has 1 unspecified atom stereocenters. The van der Waals surface area contributed by atoms with Gasteiger partial charge in [0.05, 0.1) is 18.2 Å². The van der Waals surface area contributed by atoms with E-state index in [9.17, 15) is 9.59 Å². The molecule has 1 aliphatic rings. The SMILES string of the molecule is NC(=O)CNC(=O)c1ccc(OCC2CCCO2)nc1. The summed E-state index contributed by atoms with van der Waals surface area (Å²) in [5, 5.41) is 2.38. The van der Waals surface area contributed by atoms with E-state index in [0.717, 1.165) is 19.4 Å². The number of pyridine rings is 1. The standard InChI is InChI=1S/C13H17N3O4/c14-11(17)7-16-13(18)9-3-4-12(15-6-9)20-8-10-2-1-5-19-10/h3-4,6,10H,1-2,5,7-8H2,(H2,14,17)(H,16,18). The Bertz CT molecular complexity index is 469. The van der Waals surface area contributed by atoms with Gasteiger partial charge >= 0.3 is 0 Å². The number of nitrogens with zero attached hydrogens (tertiary/aromatic N) is 1. The average Bonchev–Trinajstić information content (AvgIpc) is 2.96. The lowest BCUT2D eigenvalue weighted by molar-refractivity contribution is -0.117. The lowest BCUT2D eigenvalue weighted by atomic mass is 10.2. The molecule has 0 aliphatic carbocycles. The van der Waals surface area contributed by atoms with Crippen LogP contribution in [0.5, 0.6) is 5.88 Å². The Morgan fingerprint density at radius 2 is 2.35 bits per heavy atom. The summed E-state index contributed by atoms with van der Waals surface area (Å²) in [4.78, 5) is 26.2. The van der Waals surface area contributed by atoms with E-state index >= 15 is 0 Å². The number of primary amides is 1. The minimum Gasteiger partial charge on any atom is -0.475 e. The van der Waals surface area contributed by atoms with Gasteiger partial charge in [0.1, 0.15) is 6.61 Å². The van der Waals surface area contributed by atoms with Crippen LogP contribution in [0.4, 0.5) is 0 Å². The van der Waals surface area contributed by atoms with Gasteiger partial charge in [0, 0.05) is 18.9 Å². The van der Waals surface area contributed by atoms with Crippen LogP contribution >= 0.6 is 0 Å². The van der Waals surface area contributed by atoms with Crippen molar-refractivity contribution < 1.29 is 19.1 Å². The number of nitrogens with two attached hydrogens (primary N) is 1. The van der Waals surface area contributed by atoms with Crippen LogP contribution in [0.3, 0.4) is 0 Å². The second-order valence-electron chi connectivity index (χ2n) is 4.48. The Morgan fingerprint density at radius 3 is 2.95 bits per heavy atom. The molecular formula is C13H17N3O4. The first-order chi connectivity index (χ1) is 9.65. The number of hydrogen-bond donors (Lipinski definition) is 2. The molecule has 1 fully saturated rings. The number of aromatic nitrogens is 1. The van der Waals surface area contributed by atoms with Crippen LogP contribution in [0.25, 0.3) is 0 Å². The Morgan fingerprint density at radius 1 is 1.50 bits per heavy atom. The highest BCUT2D eigenvalue weighted by Crippen LogP contribution is 2.14. The van der Waals surface area contributed by atoms with E-state index in [0.29, 0.717) is 18.1 Å². The summed E-state index contributed by atoms with van der Waals surface area (Å²) in [7, 11) is 0. The van der Waals surface area contributed by atoms with Gasteiger partial charge in [-0.15, -0.1) is 0 Å². The first kappa shape index (κ1) is 14.3. The Kier molecular flexibility index (Phi) is 4.89. The van der Waals surface area contributed by atoms with Crippen molar-refractivity contribution in [3.05, 3.63) is 23.9 Å². The fourth-order valence-electron chi connectivity index (χ4n) is 1.82. The molecule has 0 saturated carbocycles. The van der Waals surface area contributed by atoms with Gasteiger partial charge in [0.2, 0.25) is 11.8 Å². The first-order valence-electron chi connectivity index (χ1n) is 6.42. The predicted molar refractivity (Wildman–Crippen MR) is 70.2 cm³/mol. The highest BCUT2D eigenvalue weighted by atomic mass is 16.5. The summed E-state index contributed by atoms with van der Waals surface area (Å²) in [5.41, 5.74) is 5.28. The monoisotopic (exact) mass is 279 g/mol. The van der Waals surface area contributed by atoms with Crippen molar-refractivity contribution in [3.8, 4) is 5.88 Å². The minimum absolute atomic E-state index is 0.121. The van der Waals surface area contributed by atoms with E-state index < -0.39 is 11.8 Å². The second kappa shape index (κ2) is 6.85. The normalized spacial score (nSPS) is 17.7. The maximum absolute atomic E-state index is 11.6. The molecule has 1 aliphatic heterocycles. The van der Waals surface area contributed by atoms with E-state index in [2.05, 4.69) is 10.3 Å². The molecule has 7 heteroatoms. The van der Waals surface area contributed by atoms with Gasteiger partial charge in [-0.25, -0.2) is 4.98 Å². The minimum atomic E-state index is -0.595. The number of hydrogen-bond acceptors (Lipinski definition) is 5. The fraction of sp³-hybridized carbons (Fsp3) is 0.462. The number of rotatable bonds is 6.